The highest BCUT2D eigenvalue weighted by molar-refractivity contribution is 9.09. The summed E-state index contributed by atoms with van der Waals surface area (Å²) in [7, 11) is 0. The second-order valence-corrected chi connectivity index (χ2v) is 9.66. The third-order valence-corrected chi connectivity index (χ3v) is 7.74. The average Bonchev–Trinajstić information content (AvgIpc) is 2.68. The minimum Gasteiger partial charge on any atom is -0.127 e. The Labute approximate surface area is 135 Å². The fourth-order valence-electron chi connectivity index (χ4n) is 3.13. The molecule has 1 saturated carbocycles. The maximum absolute atomic E-state index is 6.19. The highest BCUT2D eigenvalue weighted by Gasteiger charge is 2.33. The first-order chi connectivity index (χ1) is 8.79. The fourth-order valence-corrected chi connectivity index (χ4v) is 5.36. The third kappa shape index (κ3) is 3.77. The fraction of sp³-hybridized carbons (Fsp3) is 0.750. The zero-order valence-electron chi connectivity index (χ0n) is 12.3. The summed E-state index contributed by atoms with van der Waals surface area (Å²) < 4.78 is 0.947. The molecular weight excluding hydrogens is 340 g/mol. The van der Waals surface area contributed by atoms with Gasteiger partial charge in [0.05, 0.1) is 9.16 Å². The number of rotatable bonds is 2. The molecule has 19 heavy (non-hydrogen) atoms. The van der Waals surface area contributed by atoms with E-state index in [1.165, 1.54) is 36.1 Å². The number of hydrogen-bond acceptors (Lipinski definition) is 1. The maximum atomic E-state index is 6.19. The van der Waals surface area contributed by atoms with E-state index in [-0.39, 0.29) is 0 Å². The van der Waals surface area contributed by atoms with Crippen molar-refractivity contribution < 1.29 is 0 Å². The topological polar surface area (TPSA) is 0 Å². The van der Waals surface area contributed by atoms with Gasteiger partial charge < -0.3 is 0 Å². The molecule has 0 nitrogen and oxygen atoms in total. The van der Waals surface area contributed by atoms with Gasteiger partial charge in [-0.15, -0.1) is 11.3 Å². The van der Waals surface area contributed by atoms with E-state index in [1.54, 1.807) is 11.3 Å². The highest BCUT2D eigenvalue weighted by atomic mass is 79.9. The molecule has 0 saturated heterocycles. The molecule has 1 aliphatic carbocycles. The molecule has 0 N–H and O–H groups in total. The van der Waals surface area contributed by atoms with Gasteiger partial charge in [-0.3, -0.25) is 0 Å². The molecule has 0 aliphatic heterocycles. The Balaban J connectivity index is 1.98. The predicted octanol–water partition coefficient (Wildman–Crippen LogP) is 7.00. The van der Waals surface area contributed by atoms with Crippen molar-refractivity contribution in [2.45, 2.75) is 58.2 Å². The van der Waals surface area contributed by atoms with Gasteiger partial charge in [-0.1, -0.05) is 48.3 Å². The van der Waals surface area contributed by atoms with Gasteiger partial charge in [-0.25, -0.2) is 0 Å². The van der Waals surface area contributed by atoms with Crippen molar-refractivity contribution in [1.29, 1.82) is 0 Å². The van der Waals surface area contributed by atoms with Crippen LogP contribution < -0.4 is 0 Å². The molecule has 1 aliphatic rings. The summed E-state index contributed by atoms with van der Waals surface area (Å²) in [4.78, 5) is 1.89. The molecular formula is C16H24BrClS. The van der Waals surface area contributed by atoms with Crippen LogP contribution in [0, 0.1) is 24.2 Å². The van der Waals surface area contributed by atoms with Crippen LogP contribution in [0.2, 0.25) is 4.34 Å². The van der Waals surface area contributed by atoms with Crippen LogP contribution in [0.15, 0.2) is 6.07 Å². The quantitative estimate of drug-likeness (QED) is 0.496. The number of aryl methyl sites for hydroxylation is 1. The maximum Gasteiger partial charge on any atom is 0.0960 e. The Morgan fingerprint density at radius 3 is 2.26 bits per heavy atom. The molecule has 3 heteroatoms. The van der Waals surface area contributed by atoms with Crippen molar-refractivity contribution in [2.24, 2.45) is 17.3 Å². The molecule has 0 amide bonds. The lowest BCUT2D eigenvalue weighted by Crippen LogP contribution is -2.26. The predicted molar refractivity (Wildman–Crippen MR) is 90.6 cm³/mol. The van der Waals surface area contributed by atoms with Crippen molar-refractivity contribution in [2.75, 3.05) is 0 Å². The van der Waals surface area contributed by atoms with Crippen LogP contribution in [-0.2, 0) is 0 Å². The summed E-state index contributed by atoms with van der Waals surface area (Å²) in [5.41, 5.74) is 1.68. The highest BCUT2D eigenvalue weighted by Crippen LogP contribution is 2.48. The minimum atomic E-state index is 0.468. The van der Waals surface area contributed by atoms with Crippen LogP contribution in [0.3, 0.4) is 0 Å². The minimum absolute atomic E-state index is 0.468. The summed E-state index contributed by atoms with van der Waals surface area (Å²) >= 11 is 11.9. The first-order valence-corrected chi connectivity index (χ1v) is 9.30. The lowest BCUT2D eigenvalue weighted by atomic mass is 9.69. The summed E-state index contributed by atoms with van der Waals surface area (Å²) in [6.07, 6.45) is 5.42. The second kappa shape index (κ2) is 6.07. The smallest absolute Gasteiger partial charge is 0.0960 e. The summed E-state index contributed by atoms with van der Waals surface area (Å²) in [5.74, 6) is 1.66. The van der Waals surface area contributed by atoms with Gasteiger partial charge in [0.1, 0.15) is 0 Å². The van der Waals surface area contributed by atoms with Gasteiger partial charge in [-0.05, 0) is 61.5 Å². The van der Waals surface area contributed by atoms with Crippen molar-refractivity contribution in [3.05, 3.63) is 20.8 Å². The van der Waals surface area contributed by atoms with E-state index < -0.39 is 0 Å². The van der Waals surface area contributed by atoms with Crippen LogP contribution in [0.4, 0.5) is 0 Å². The van der Waals surface area contributed by atoms with Gasteiger partial charge in [-0.2, -0.15) is 0 Å². The molecule has 1 fully saturated rings. The first-order valence-electron chi connectivity index (χ1n) is 7.19. The first kappa shape index (κ1) is 15.9. The Bertz CT molecular complexity index is 405. The van der Waals surface area contributed by atoms with Gasteiger partial charge in [0.2, 0.25) is 0 Å². The van der Waals surface area contributed by atoms with E-state index >= 15 is 0 Å². The lowest BCUT2D eigenvalue weighted by molar-refractivity contribution is 0.150. The molecule has 108 valence electrons. The van der Waals surface area contributed by atoms with Crippen LogP contribution >= 0.6 is 38.9 Å². The van der Waals surface area contributed by atoms with E-state index in [4.69, 9.17) is 11.6 Å². The largest absolute Gasteiger partial charge is 0.127 e. The number of alkyl halides is 1. The zero-order valence-corrected chi connectivity index (χ0v) is 15.5. The van der Waals surface area contributed by atoms with E-state index in [9.17, 15) is 0 Å². The van der Waals surface area contributed by atoms with Gasteiger partial charge in [0.25, 0.3) is 0 Å². The Morgan fingerprint density at radius 2 is 1.84 bits per heavy atom. The van der Waals surface area contributed by atoms with Crippen LogP contribution in [-0.4, -0.2) is 0 Å². The SMILES string of the molecule is Cc1cc(C(Br)C2CCC(C(C)(C)C)CC2)sc1Cl. The monoisotopic (exact) mass is 362 g/mol. The van der Waals surface area contributed by atoms with E-state index in [2.05, 4.69) is 49.7 Å². The zero-order chi connectivity index (χ0) is 14.2. The standard InChI is InChI=1S/C16H24BrClS/c1-10-9-13(19-15(10)18)14(17)11-5-7-12(8-6-11)16(2,3)4/h9,11-12,14H,5-8H2,1-4H3. The Hall–Kier alpha value is 0.470. The van der Waals surface area contributed by atoms with Crippen molar-refractivity contribution in [3.63, 3.8) is 0 Å². The molecule has 1 aromatic rings. The molecule has 1 heterocycles. The average molecular weight is 364 g/mol. The van der Waals surface area contributed by atoms with Crippen molar-refractivity contribution in [1.82, 2.24) is 0 Å². The van der Waals surface area contributed by atoms with Crippen LogP contribution in [0.1, 0.15) is 61.7 Å². The van der Waals surface area contributed by atoms with Crippen molar-refractivity contribution >= 4 is 38.9 Å². The Kier molecular flexibility index (Phi) is 5.07. The molecule has 1 aromatic heterocycles. The molecule has 1 unspecified atom stereocenters. The molecule has 0 radical (unpaired) electrons. The summed E-state index contributed by atoms with van der Waals surface area (Å²) in [6, 6.07) is 2.25. The van der Waals surface area contributed by atoms with Crippen LogP contribution in [0.5, 0.6) is 0 Å². The molecule has 0 aromatic carbocycles. The summed E-state index contributed by atoms with van der Waals surface area (Å²) in [6.45, 7) is 9.24. The summed E-state index contributed by atoms with van der Waals surface area (Å²) in [5, 5.41) is 0. The van der Waals surface area contributed by atoms with E-state index in [1.807, 2.05) is 0 Å². The Morgan fingerprint density at radius 1 is 1.26 bits per heavy atom. The number of hydrogen-bond donors (Lipinski definition) is 0. The normalized spacial score (nSPS) is 26.4. The number of thiophene rings is 1. The van der Waals surface area contributed by atoms with Crippen LogP contribution in [0.25, 0.3) is 0 Å². The third-order valence-electron chi connectivity index (χ3n) is 4.56. The van der Waals surface area contributed by atoms with E-state index in [0.717, 1.165) is 16.2 Å². The molecule has 1 atom stereocenters. The number of halogens is 2. The molecule has 0 bridgehead atoms. The van der Waals surface area contributed by atoms with E-state index in [0.29, 0.717) is 10.2 Å². The van der Waals surface area contributed by atoms with Gasteiger partial charge in [0.15, 0.2) is 0 Å². The molecule has 0 spiro atoms. The molecule has 2 rings (SSSR count). The van der Waals surface area contributed by atoms with Crippen molar-refractivity contribution in [3.8, 4) is 0 Å². The van der Waals surface area contributed by atoms with Gasteiger partial charge >= 0.3 is 0 Å². The van der Waals surface area contributed by atoms with Gasteiger partial charge in [0, 0.05) is 4.88 Å². The lowest BCUT2D eigenvalue weighted by Gasteiger charge is -2.38. The second-order valence-electron chi connectivity index (χ2n) is 6.98.